The average molecular weight is 387 g/mol. The van der Waals surface area contributed by atoms with Gasteiger partial charge in [0.05, 0.1) is 17.9 Å². The van der Waals surface area contributed by atoms with Gasteiger partial charge in [-0.25, -0.2) is 4.79 Å². The van der Waals surface area contributed by atoms with E-state index in [4.69, 9.17) is 9.47 Å². The maximum atomic E-state index is 12.3. The predicted molar refractivity (Wildman–Crippen MR) is 102 cm³/mol. The molecule has 28 heavy (non-hydrogen) atoms. The van der Waals surface area contributed by atoms with E-state index in [2.05, 4.69) is 5.10 Å². The van der Waals surface area contributed by atoms with Crippen molar-refractivity contribution in [1.82, 2.24) is 14.7 Å². The van der Waals surface area contributed by atoms with Gasteiger partial charge in [-0.1, -0.05) is 12.1 Å². The Balaban J connectivity index is 1.89. The second-order valence-electron chi connectivity index (χ2n) is 6.40. The van der Waals surface area contributed by atoms with Crippen LogP contribution in [0.15, 0.2) is 24.3 Å². The van der Waals surface area contributed by atoms with Gasteiger partial charge in [0.2, 0.25) is 0 Å². The second-order valence-corrected chi connectivity index (χ2v) is 6.40. The molecule has 0 N–H and O–H groups in total. The Bertz CT molecular complexity index is 871. The van der Waals surface area contributed by atoms with Crippen LogP contribution in [0.4, 0.5) is 0 Å². The van der Waals surface area contributed by atoms with E-state index >= 15 is 0 Å². The van der Waals surface area contributed by atoms with E-state index in [0.29, 0.717) is 24.5 Å². The van der Waals surface area contributed by atoms with Crippen molar-refractivity contribution >= 4 is 17.7 Å². The number of aromatic nitrogens is 2. The number of carbonyl (C=O) groups is 3. The van der Waals surface area contributed by atoms with Gasteiger partial charge in [0.15, 0.2) is 6.61 Å². The minimum atomic E-state index is -1.07. The molecule has 0 bridgehead atoms. The van der Waals surface area contributed by atoms with Gasteiger partial charge in [-0.15, -0.1) is 0 Å². The van der Waals surface area contributed by atoms with Gasteiger partial charge < -0.3 is 14.4 Å². The fraction of sp³-hybridized carbons (Fsp3) is 0.400. The largest absolute Gasteiger partial charge is 0.494 e. The number of amides is 1. The lowest BCUT2D eigenvalue weighted by Crippen LogP contribution is -2.32. The number of rotatable bonds is 8. The molecular formula is C20H25N3O5. The summed E-state index contributed by atoms with van der Waals surface area (Å²) >= 11 is 0. The first kappa shape index (κ1) is 21.1. The number of esters is 1. The summed E-state index contributed by atoms with van der Waals surface area (Å²) in [5.41, 5.74) is 2.13. The fourth-order valence-corrected chi connectivity index (χ4v) is 2.73. The van der Waals surface area contributed by atoms with Crippen LogP contribution >= 0.6 is 0 Å². The predicted octanol–water partition coefficient (Wildman–Crippen LogP) is 1.82. The topological polar surface area (TPSA) is 90.7 Å². The van der Waals surface area contributed by atoms with Crippen LogP contribution in [0.1, 0.15) is 34.2 Å². The lowest BCUT2D eigenvalue weighted by atomic mass is 10.1. The van der Waals surface area contributed by atoms with E-state index in [-0.39, 0.29) is 5.56 Å². The van der Waals surface area contributed by atoms with Crippen LogP contribution in [0.2, 0.25) is 0 Å². The Hall–Kier alpha value is -3.16. The van der Waals surface area contributed by atoms with E-state index in [1.165, 1.54) is 9.58 Å². The van der Waals surface area contributed by atoms with Gasteiger partial charge in [0.1, 0.15) is 5.75 Å². The van der Waals surface area contributed by atoms with Crippen molar-refractivity contribution in [1.29, 1.82) is 0 Å². The number of carbonyl (C=O) groups excluding carboxylic acids is 3. The number of likely N-dealkylation sites (N-methyl/N-ethyl adjacent to an activating group) is 1. The molecule has 8 nitrogen and oxygen atoms in total. The highest BCUT2D eigenvalue weighted by Gasteiger charge is 2.26. The molecule has 0 atom stereocenters. The zero-order valence-corrected chi connectivity index (χ0v) is 16.8. The monoisotopic (exact) mass is 387 g/mol. The summed E-state index contributed by atoms with van der Waals surface area (Å²) < 4.78 is 11.8. The molecule has 0 radical (unpaired) electrons. The van der Waals surface area contributed by atoms with E-state index in [9.17, 15) is 14.4 Å². The molecule has 1 aromatic carbocycles. The van der Waals surface area contributed by atoms with E-state index in [1.807, 2.05) is 31.2 Å². The molecular weight excluding hydrogens is 362 g/mol. The third-order valence-corrected chi connectivity index (χ3v) is 4.33. The van der Waals surface area contributed by atoms with Crippen molar-refractivity contribution in [3.63, 3.8) is 0 Å². The summed E-state index contributed by atoms with van der Waals surface area (Å²) in [7, 11) is 3.29. The number of hydrogen-bond donors (Lipinski definition) is 0. The molecule has 0 spiro atoms. The van der Waals surface area contributed by atoms with Crippen LogP contribution in [0.5, 0.6) is 5.75 Å². The smallest absolute Gasteiger partial charge is 0.380 e. The van der Waals surface area contributed by atoms with Crippen LogP contribution in [-0.4, -0.2) is 52.6 Å². The molecule has 0 saturated heterocycles. The first-order valence-corrected chi connectivity index (χ1v) is 8.92. The Morgan fingerprint density at radius 3 is 2.32 bits per heavy atom. The number of benzene rings is 1. The Morgan fingerprint density at radius 2 is 1.79 bits per heavy atom. The number of ketones is 1. The first-order chi connectivity index (χ1) is 13.2. The molecule has 0 unspecified atom stereocenters. The molecule has 0 saturated carbocycles. The van der Waals surface area contributed by atoms with Crippen LogP contribution in [0.25, 0.3) is 0 Å². The average Bonchev–Trinajstić information content (AvgIpc) is 2.92. The highest BCUT2D eigenvalue weighted by atomic mass is 16.5. The van der Waals surface area contributed by atoms with Crippen molar-refractivity contribution in [2.45, 2.75) is 27.3 Å². The number of hydrogen-bond acceptors (Lipinski definition) is 6. The molecule has 2 aromatic rings. The van der Waals surface area contributed by atoms with Gasteiger partial charge in [-0.3, -0.25) is 14.3 Å². The maximum Gasteiger partial charge on any atom is 0.380 e. The van der Waals surface area contributed by atoms with Crippen LogP contribution < -0.4 is 4.74 Å². The molecule has 0 aliphatic rings. The summed E-state index contributed by atoms with van der Waals surface area (Å²) in [6.45, 7) is 5.66. The summed E-state index contributed by atoms with van der Waals surface area (Å²) in [4.78, 5) is 38.0. The summed E-state index contributed by atoms with van der Waals surface area (Å²) in [5.74, 6) is -1.52. The fourth-order valence-electron chi connectivity index (χ4n) is 2.73. The van der Waals surface area contributed by atoms with Gasteiger partial charge >= 0.3 is 5.97 Å². The van der Waals surface area contributed by atoms with E-state index in [0.717, 1.165) is 11.3 Å². The third kappa shape index (κ3) is 4.97. The zero-order valence-electron chi connectivity index (χ0n) is 16.8. The van der Waals surface area contributed by atoms with E-state index < -0.39 is 24.3 Å². The second kappa shape index (κ2) is 9.16. The summed E-state index contributed by atoms with van der Waals surface area (Å²) in [6.07, 6.45) is 0. The minimum absolute atomic E-state index is 0.211. The Labute approximate surface area is 164 Å². The summed E-state index contributed by atoms with van der Waals surface area (Å²) in [5, 5.41) is 4.11. The number of aryl methyl sites for hydroxylation is 2. The molecule has 1 heterocycles. The van der Waals surface area contributed by atoms with Gasteiger partial charge in [-0.05, 0) is 38.5 Å². The molecule has 0 fully saturated rings. The standard InChI is InChI=1S/C20H25N3O5/c1-6-27-16-9-7-15(8-10-16)11-22(4)17(24)12-28-20(26)19(25)18-13(2)21-23(5)14(18)3/h7-10H,6,11-12H2,1-5H3. The lowest BCUT2D eigenvalue weighted by molar-refractivity contribution is -0.147. The van der Waals surface area contributed by atoms with Gasteiger partial charge in [0, 0.05) is 26.3 Å². The maximum absolute atomic E-state index is 12.3. The van der Waals surface area contributed by atoms with Crippen molar-refractivity contribution in [2.75, 3.05) is 20.3 Å². The van der Waals surface area contributed by atoms with Gasteiger partial charge in [-0.2, -0.15) is 5.10 Å². The number of Topliss-reactive ketones (excluding diaryl/α,β-unsaturated/α-hetero) is 1. The van der Waals surface area contributed by atoms with Crippen molar-refractivity contribution in [2.24, 2.45) is 7.05 Å². The lowest BCUT2D eigenvalue weighted by Gasteiger charge is -2.17. The van der Waals surface area contributed by atoms with Crippen molar-refractivity contribution < 1.29 is 23.9 Å². The van der Waals surface area contributed by atoms with Crippen molar-refractivity contribution in [3.05, 3.63) is 46.8 Å². The Kier molecular flexibility index (Phi) is 6.92. The van der Waals surface area contributed by atoms with Crippen LogP contribution in [-0.2, 0) is 27.9 Å². The summed E-state index contributed by atoms with van der Waals surface area (Å²) in [6, 6.07) is 7.37. The molecule has 0 aliphatic heterocycles. The molecule has 0 aliphatic carbocycles. The Morgan fingerprint density at radius 1 is 1.14 bits per heavy atom. The molecule has 8 heteroatoms. The van der Waals surface area contributed by atoms with Gasteiger partial charge in [0.25, 0.3) is 11.7 Å². The SMILES string of the molecule is CCOc1ccc(CN(C)C(=O)COC(=O)C(=O)c2c(C)nn(C)c2C)cc1. The highest BCUT2D eigenvalue weighted by Crippen LogP contribution is 2.14. The van der Waals surface area contributed by atoms with Crippen LogP contribution in [0, 0.1) is 13.8 Å². The quantitative estimate of drug-likeness (QED) is 0.390. The molecule has 2 rings (SSSR count). The van der Waals surface area contributed by atoms with Crippen LogP contribution in [0.3, 0.4) is 0 Å². The van der Waals surface area contributed by atoms with Crippen molar-refractivity contribution in [3.8, 4) is 5.75 Å². The first-order valence-electron chi connectivity index (χ1n) is 8.92. The highest BCUT2D eigenvalue weighted by molar-refractivity contribution is 6.41. The minimum Gasteiger partial charge on any atom is -0.494 e. The molecule has 1 aromatic heterocycles. The number of nitrogens with zero attached hydrogens (tertiary/aromatic N) is 3. The van der Waals surface area contributed by atoms with E-state index in [1.54, 1.807) is 27.9 Å². The normalized spacial score (nSPS) is 10.5. The third-order valence-electron chi connectivity index (χ3n) is 4.33. The number of ether oxygens (including phenoxy) is 2. The molecule has 1 amide bonds. The zero-order chi connectivity index (χ0) is 20.8. The molecule has 150 valence electrons.